The van der Waals surface area contributed by atoms with Gasteiger partial charge in [-0.15, -0.1) is 0 Å². The molecule has 0 aromatic heterocycles. The van der Waals surface area contributed by atoms with E-state index < -0.39 is 10.0 Å². The molecule has 1 aliphatic heterocycles. The maximum absolute atomic E-state index is 12.3. The molecule has 0 bridgehead atoms. The van der Waals surface area contributed by atoms with Gasteiger partial charge >= 0.3 is 0 Å². The Morgan fingerprint density at radius 3 is 2.33 bits per heavy atom. The maximum Gasteiger partial charge on any atom is 0.251 e. The molecule has 1 heterocycles. The molecular weight excluding hydrogens is 324 g/mol. The summed E-state index contributed by atoms with van der Waals surface area (Å²) in [5.74, 6) is 0.00582. The first-order valence-electron chi connectivity index (χ1n) is 7.94. The van der Waals surface area contributed by atoms with Gasteiger partial charge in [0.1, 0.15) is 0 Å². The second kappa shape index (κ2) is 6.65. The minimum atomic E-state index is -3.20. The highest BCUT2D eigenvalue weighted by Gasteiger charge is 2.28. The molecule has 2 aromatic carbocycles. The van der Waals surface area contributed by atoms with Crippen LogP contribution in [0.1, 0.15) is 35.3 Å². The van der Waals surface area contributed by atoms with Gasteiger partial charge in [0.15, 0.2) is 0 Å². The van der Waals surface area contributed by atoms with Crippen molar-refractivity contribution in [3.8, 4) is 0 Å². The van der Waals surface area contributed by atoms with Crippen molar-refractivity contribution in [1.29, 1.82) is 0 Å². The fraction of sp³-hybridized carbons (Fsp3) is 0.278. The summed E-state index contributed by atoms with van der Waals surface area (Å²) >= 11 is 0. The lowest BCUT2D eigenvalue weighted by Gasteiger charge is -2.18. The number of carbonyl (C=O) groups is 1. The molecule has 6 heteroatoms. The maximum atomic E-state index is 12.3. The number of hydrogen-bond acceptors (Lipinski definition) is 3. The van der Waals surface area contributed by atoms with Gasteiger partial charge in [0, 0.05) is 12.1 Å². The Hall–Kier alpha value is -2.34. The predicted molar refractivity (Wildman–Crippen MR) is 94.5 cm³/mol. The summed E-state index contributed by atoms with van der Waals surface area (Å²) in [4.78, 5) is 12.3. The number of nitrogens with zero attached hydrogens (tertiary/aromatic N) is 1. The molecule has 1 N–H and O–H groups in total. The van der Waals surface area contributed by atoms with E-state index in [1.54, 1.807) is 24.3 Å². The molecule has 24 heavy (non-hydrogen) atoms. The average molecular weight is 344 g/mol. The van der Waals surface area contributed by atoms with Crippen molar-refractivity contribution in [2.45, 2.75) is 19.4 Å². The number of nitrogens with one attached hydrogen (secondary N) is 1. The lowest BCUT2D eigenvalue weighted by Crippen LogP contribution is -2.27. The fourth-order valence-electron chi connectivity index (χ4n) is 2.81. The number of sulfonamides is 1. The minimum Gasteiger partial charge on any atom is -0.346 e. The van der Waals surface area contributed by atoms with Gasteiger partial charge in [-0.2, -0.15) is 0 Å². The lowest BCUT2D eigenvalue weighted by atomic mass is 10.1. The van der Waals surface area contributed by atoms with E-state index in [0.717, 1.165) is 5.56 Å². The smallest absolute Gasteiger partial charge is 0.251 e. The van der Waals surface area contributed by atoms with E-state index in [4.69, 9.17) is 0 Å². The highest BCUT2D eigenvalue weighted by Crippen LogP contribution is 2.24. The second-order valence-corrected chi connectivity index (χ2v) is 7.91. The third kappa shape index (κ3) is 3.43. The molecule has 2 aromatic rings. The molecule has 1 fully saturated rings. The van der Waals surface area contributed by atoms with Gasteiger partial charge in [0.25, 0.3) is 5.91 Å². The van der Waals surface area contributed by atoms with E-state index in [1.807, 2.05) is 37.3 Å². The Kier molecular flexibility index (Phi) is 4.57. The zero-order chi connectivity index (χ0) is 17.2. The third-order valence-electron chi connectivity index (χ3n) is 4.16. The predicted octanol–water partition coefficient (Wildman–Crippen LogP) is 2.72. The van der Waals surface area contributed by atoms with Crippen molar-refractivity contribution in [3.05, 3.63) is 65.7 Å². The normalized spacial score (nSPS) is 17.5. The van der Waals surface area contributed by atoms with Crippen molar-refractivity contribution < 1.29 is 13.2 Å². The van der Waals surface area contributed by atoms with E-state index in [0.29, 0.717) is 24.2 Å². The van der Waals surface area contributed by atoms with Crippen LogP contribution >= 0.6 is 0 Å². The van der Waals surface area contributed by atoms with Gasteiger partial charge in [-0.25, -0.2) is 8.42 Å². The van der Waals surface area contributed by atoms with Crippen molar-refractivity contribution >= 4 is 21.6 Å². The topological polar surface area (TPSA) is 66.5 Å². The molecule has 0 aliphatic carbocycles. The van der Waals surface area contributed by atoms with Crippen molar-refractivity contribution in [3.63, 3.8) is 0 Å². The molecule has 1 aliphatic rings. The number of anilines is 1. The highest BCUT2D eigenvalue weighted by molar-refractivity contribution is 7.93. The summed E-state index contributed by atoms with van der Waals surface area (Å²) in [5.41, 5.74) is 2.16. The van der Waals surface area contributed by atoms with Crippen LogP contribution in [0.2, 0.25) is 0 Å². The van der Waals surface area contributed by atoms with Crippen LogP contribution in [-0.2, 0) is 10.0 Å². The van der Waals surface area contributed by atoms with Gasteiger partial charge in [-0.3, -0.25) is 9.10 Å². The van der Waals surface area contributed by atoms with E-state index in [1.165, 1.54) is 4.31 Å². The van der Waals surface area contributed by atoms with Gasteiger partial charge in [0.05, 0.1) is 17.5 Å². The summed E-state index contributed by atoms with van der Waals surface area (Å²) in [6.07, 6.45) is 0.638. The largest absolute Gasteiger partial charge is 0.346 e. The van der Waals surface area contributed by atoms with Crippen molar-refractivity contribution in [1.82, 2.24) is 5.32 Å². The Bertz CT molecular complexity index is 817. The van der Waals surface area contributed by atoms with Gasteiger partial charge in [-0.1, -0.05) is 30.3 Å². The molecule has 0 spiro atoms. The zero-order valence-electron chi connectivity index (χ0n) is 13.5. The van der Waals surface area contributed by atoms with E-state index in [-0.39, 0.29) is 17.7 Å². The van der Waals surface area contributed by atoms with Crippen LogP contribution in [-0.4, -0.2) is 26.6 Å². The number of benzene rings is 2. The standard InChI is InChI=1S/C18H20N2O3S/c1-14(15-6-3-2-4-7-15)19-18(21)16-8-10-17(11-9-16)20-12-5-13-24(20,22)23/h2-4,6-11,14H,5,12-13H2,1H3,(H,19,21)/t14-/m1/s1. The molecule has 1 saturated heterocycles. The Morgan fingerprint density at radius 1 is 1.08 bits per heavy atom. The van der Waals surface area contributed by atoms with Crippen LogP contribution in [0.3, 0.4) is 0 Å². The van der Waals surface area contributed by atoms with E-state index >= 15 is 0 Å². The molecule has 126 valence electrons. The SMILES string of the molecule is C[C@@H](NC(=O)c1ccc(N2CCCS2(=O)=O)cc1)c1ccccc1. The molecule has 0 saturated carbocycles. The third-order valence-corrected chi connectivity index (χ3v) is 6.03. The Labute approximate surface area is 142 Å². The van der Waals surface area contributed by atoms with Gasteiger partial charge in [0.2, 0.25) is 10.0 Å². The minimum absolute atomic E-state index is 0.0997. The summed E-state index contributed by atoms with van der Waals surface area (Å²) in [6.45, 7) is 2.43. The molecule has 5 nitrogen and oxygen atoms in total. The molecule has 1 amide bonds. The zero-order valence-corrected chi connectivity index (χ0v) is 14.3. The summed E-state index contributed by atoms with van der Waals surface area (Å²) < 4.78 is 25.3. The summed E-state index contributed by atoms with van der Waals surface area (Å²) in [6, 6.07) is 16.3. The van der Waals surface area contributed by atoms with Crippen LogP contribution < -0.4 is 9.62 Å². The summed E-state index contributed by atoms with van der Waals surface area (Å²) in [5, 5.41) is 2.95. The molecule has 0 unspecified atom stereocenters. The highest BCUT2D eigenvalue weighted by atomic mass is 32.2. The first kappa shape index (κ1) is 16.5. The number of amides is 1. The first-order valence-corrected chi connectivity index (χ1v) is 9.54. The quantitative estimate of drug-likeness (QED) is 0.927. The molecule has 0 radical (unpaired) electrons. The fourth-order valence-corrected chi connectivity index (χ4v) is 4.38. The number of rotatable bonds is 4. The first-order chi connectivity index (χ1) is 11.5. The Morgan fingerprint density at radius 2 is 1.75 bits per heavy atom. The van der Waals surface area contributed by atoms with Crippen LogP contribution in [0.25, 0.3) is 0 Å². The van der Waals surface area contributed by atoms with E-state index in [2.05, 4.69) is 5.32 Å². The lowest BCUT2D eigenvalue weighted by molar-refractivity contribution is 0.0940. The average Bonchev–Trinajstić information content (AvgIpc) is 2.95. The monoisotopic (exact) mass is 344 g/mol. The van der Waals surface area contributed by atoms with Crippen molar-refractivity contribution in [2.75, 3.05) is 16.6 Å². The molecule has 1 atom stereocenters. The van der Waals surface area contributed by atoms with Crippen LogP contribution in [0.5, 0.6) is 0 Å². The van der Waals surface area contributed by atoms with Gasteiger partial charge in [-0.05, 0) is 43.2 Å². The number of carbonyl (C=O) groups excluding carboxylic acids is 1. The summed E-state index contributed by atoms with van der Waals surface area (Å²) in [7, 11) is -3.20. The van der Waals surface area contributed by atoms with E-state index in [9.17, 15) is 13.2 Å². The second-order valence-electron chi connectivity index (χ2n) is 5.89. The van der Waals surface area contributed by atoms with Gasteiger partial charge < -0.3 is 5.32 Å². The molecule has 3 rings (SSSR count). The van der Waals surface area contributed by atoms with Crippen molar-refractivity contribution in [2.24, 2.45) is 0 Å². The van der Waals surface area contributed by atoms with Crippen LogP contribution in [0.15, 0.2) is 54.6 Å². The Balaban J connectivity index is 1.70. The van der Waals surface area contributed by atoms with Crippen LogP contribution in [0, 0.1) is 0 Å². The van der Waals surface area contributed by atoms with Crippen LogP contribution in [0.4, 0.5) is 5.69 Å². The molecular formula is C18H20N2O3S. The number of hydrogen-bond donors (Lipinski definition) is 1.